The monoisotopic (exact) mass is 226 g/mol. The molecule has 0 saturated carbocycles. The predicted molar refractivity (Wildman–Crippen MR) is 65.1 cm³/mol. The fraction of sp³-hybridized carbons (Fsp3) is 0.750. The molecule has 2 atom stereocenters. The lowest BCUT2D eigenvalue weighted by molar-refractivity contribution is 0.0523. The number of carbonyl (C=O) groups excluding carboxylic acids is 1. The predicted octanol–water partition coefficient (Wildman–Crippen LogP) is 1.51. The van der Waals surface area contributed by atoms with Crippen molar-refractivity contribution in [3.05, 3.63) is 0 Å². The van der Waals surface area contributed by atoms with Gasteiger partial charge in [0.05, 0.1) is 6.04 Å². The fourth-order valence-corrected chi connectivity index (χ4v) is 1.08. The maximum Gasteiger partial charge on any atom is 0.407 e. The van der Waals surface area contributed by atoms with E-state index in [4.69, 9.17) is 11.2 Å². The Kier molecular flexibility index (Phi) is 5.91. The summed E-state index contributed by atoms with van der Waals surface area (Å²) in [6.07, 6.45) is 4.83. The van der Waals surface area contributed by atoms with E-state index in [2.05, 4.69) is 16.6 Å². The van der Waals surface area contributed by atoms with Crippen LogP contribution in [0, 0.1) is 12.3 Å². The minimum absolute atomic E-state index is 0.00423. The van der Waals surface area contributed by atoms with Crippen LogP contribution < -0.4 is 10.6 Å². The molecule has 0 saturated heterocycles. The molecule has 0 aliphatic carbocycles. The van der Waals surface area contributed by atoms with Crippen LogP contribution in [0.2, 0.25) is 0 Å². The van der Waals surface area contributed by atoms with E-state index in [9.17, 15) is 4.79 Å². The van der Waals surface area contributed by atoms with E-state index < -0.39 is 11.7 Å². The number of ether oxygens (including phenoxy) is 1. The molecule has 4 heteroatoms. The standard InChI is InChI=1S/C12H22N2O2/c1-7-9(2)14-10(3)8-13-11(15)16-12(4,5)6/h1,9-10,14H,8H2,2-6H3,(H,13,15). The maximum atomic E-state index is 11.3. The summed E-state index contributed by atoms with van der Waals surface area (Å²) >= 11 is 0. The van der Waals surface area contributed by atoms with Gasteiger partial charge in [0.25, 0.3) is 0 Å². The number of rotatable bonds is 4. The zero-order chi connectivity index (χ0) is 12.8. The number of alkyl carbamates (subject to hydrolysis) is 1. The van der Waals surface area contributed by atoms with Crippen molar-refractivity contribution < 1.29 is 9.53 Å². The number of terminal acetylenes is 1. The highest BCUT2D eigenvalue weighted by molar-refractivity contribution is 5.67. The van der Waals surface area contributed by atoms with Gasteiger partial charge in [0, 0.05) is 12.6 Å². The van der Waals surface area contributed by atoms with Crippen LogP contribution >= 0.6 is 0 Å². The average molecular weight is 226 g/mol. The first kappa shape index (κ1) is 14.8. The van der Waals surface area contributed by atoms with E-state index in [1.807, 2.05) is 34.6 Å². The SMILES string of the molecule is C#CC(C)NC(C)CNC(=O)OC(C)(C)C. The van der Waals surface area contributed by atoms with Gasteiger partial charge in [-0.25, -0.2) is 4.79 Å². The second kappa shape index (κ2) is 6.39. The summed E-state index contributed by atoms with van der Waals surface area (Å²) in [7, 11) is 0. The molecule has 16 heavy (non-hydrogen) atoms. The van der Waals surface area contributed by atoms with Crippen molar-refractivity contribution in [2.75, 3.05) is 6.54 Å². The summed E-state index contributed by atoms with van der Waals surface area (Å²) in [4.78, 5) is 11.3. The van der Waals surface area contributed by atoms with Gasteiger partial charge in [0.1, 0.15) is 5.60 Å². The lowest BCUT2D eigenvalue weighted by atomic mass is 10.2. The Labute approximate surface area is 98.1 Å². The number of carbonyl (C=O) groups is 1. The number of nitrogens with one attached hydrogen (secondary N) is 2. The van der Waals surface area contributed by atoms with Gasteiger partial charge < -0.3 is 10.1 Å². The van der Waals surface area contributed by atoms with Crippen LogP contribution in [0.5, 0.6) is 0 Å². The summed E-state index contributed by atoms with van der Waals surface area (Å²) in [5.41, 5.74) is -0.465. The lowest BCUT2D eigenvalue weighted by Gasteiger charge is -2.21. The Bertz CT molecular complexity index is 263. The van der Waals surface area contributed by atoms with E-state index in [0.717, 1.165) is 0 Å². The number of hydrogen-bond donors (Lipinski definition) is 2. The minimum Gasteiger partial charge on any atom is -0.444 e. The summed E-state index contributed by atoms with van der Waals surface area (Å²) in [6.45, 7) is 9.81. The molecule has 1 amide bonds. The van der Waals surface area contributed by atoms with E-state index >= 15 is 0 Å². The molecule has 0 spiro atoms. The summed E-state index contributed by atoms with van der Waals surface area (Å²) in [6, 6.07) is 0.106. The highest BCUT2D eigenvalue weighted by atomic mass is 16.6. The molecule has 0 radical (unpaired) electrons. The minimum atomic E-state index is -0.465. The van der Waals surface area contributed by atoms with E-state index in [0.29, 0.717) is 6.54 Å². The molecular formula is C12H22N2O2. The van der Waals surface area contributed by atoms with Crippen molar-refractivity contribution in [2.24, 2.45) is 0 Å². The van der Waals surface area contributed by atoms with Gasteiger partial charge in [0.2, 0.25) is 0 Å². The Hall–Kier alpha value is -1.21. The summed E-state index contributed by atoms with van der Waals surface area (Å²) in [5.74, 6) is 2.57. The van der Waals surface area contributed by atoms with Crippen molar-refractivity contribution in [1.29, 1.82) is 0 Å². The first-order valence-corrected chi connectivity index (χ1v) is 5.43. The molecule has 0 rings (SSSR count). The molecule has 0 aromatic carbocycles. The van der Waals surface area contributed by atoms with Gasteiger partial charge in [-0.05, 0) is 34.6 Å². The van der Waals surface area contributed by atoms with Crippen molar-refractivity contribution in [1.82, 2.24) is 10.6 Å². The molecule has 0 aliphatic heterocycles. The first-order chi connectivity index (χ1) is 7.24. The quantitative estimate of drug-likeness (QED) is 0.714. The largest absolute Gasteiger partial charge is 0.444 e. The van der Waals surface area contributed by atoms with Crippen molar-refractivity contribution in [3.63, 3.8) is 0 Å². The van der Waals surface area contributed by atoms with Gasteiger partial charge in [-0.2, -0.15) is 0 Å². The van der Waals surface area contributed by atoms with Crippen LogP contribution in [-0.4, -0.2) is 30.3 Å². The average Bonchev–Trinajstić information content (AvgIpc) is 2.12. The van der Waals surface area contributed by atoms with Crippen LogP contribution in [0.15, 0.2) is 0 Å². The van der Waals surface area contributed by atoms with Gasteiger partial charge >= 0.3 is 6.09 Å². The zero-order valence-electron chi connectivity index (χ0n) is 10.8. The molecule has 0 aromatic rings. The Morgan fingerprint density at radius 3 is 2.44 bits per heavy atom. The molecule has 0 bridgehead atoms. The van der Waals surface area contributed by atoms with Crippen LogP contribution in [0.4, 0.5) is 4.79 Å². The van der Waals surface area contributed by atoms with Gasteiger partial charge in [-0.1, -0.05) is 5.92 Å². The Balaban J connectivity index is 3.81. The fourth-order valence-electron chi connectivity index (χ4n) is 1.08. The maximum absolute atomic E-state index is 11.3. The molecule has 0 fully saturated rings. The van der Waals surface area contributed by atoms with Crippen LogP contribution in [0.1, 0.15) is 34.6 Å². The van der Waals surface area contributed by atoms with Gasteiger partial charge in [0.15, 0.2) is 0 Å². The molecule has 92 valence electrons. The van der Waals surface area contributed by atoms with Crippen molar-refractivity contribution in [3.8, 4) is 12.3 Å². The summed E-state index contributed by atoms with van der Waals surface area (Å²) in [5, 5.41) is 5.82. The third-order valence-electron chi connectivity index (χ3n) is 1.74. The number of hydrogen-bond acceptors (Lipinski definition) is 3. The second-order valence-corrected chi connectivity index (χ2v) is 4.84. The molecule has 0 aliphatic rings. The van der Waals surface area contributed by atoms with Crippen LogP contribution in [0.25, 0.3) is 0 Å². The Morgan fingerprint density at radius 1 is 1.44 bits per heavy atom. The normalized spacial score (nSPS) is 14.8. The van der Waals surface area contributed by atoms with E-state index in [1.165, 1.54) is 0 Å². The van der Waals surface area contributed by atoms with Gasteiger partial charge in [-0.15, -0.1) is 6.42 Å². The third-order valence-corrected chi connectivity index (χ3v) is 1.74. The topological polar surface area (TPSA) is 50.4 Å². The van der Waals surface area contributed by atoms with Crippen molar-refractivity contribution >= 4 is 6.09 Å². The van der Waals surface area contributed by atoms with Crippen LogP contribution in [-0.2, 0) is 4.74 Å². The molecule has 4 nitrogen and oxygen atoms in total. The molecule has 2 N–H and O–H groups in total. The number of amides is 1. The lowest BCUT2D eigenvalue weighted by Crippen LogP contribution is -2.43. The highest BCUT2D eigenvalue weighted by Gasteiger charge is 2.16. The highest BCUT2D eigenvalue weighted by Crippen LogP contribution is 2.06. The van der Waals surface area contributed by atoms with E-state index in [-0.39, 0.29) is 12.1 Å². The third kappa shape index (κ3) is 8.13. The molecule has 2 unspecified atom stereocenters. The second-order valence-electron chi connectivity index (χ2n) is 4.84. The zero-order valence-corrected chi connectivity index (χ0v) is 10.8. The molecular weight excluding hydrogens is 204 g/mol. The molecule has 0 heterocycles. The van der Waals surface area contributed by atoms with Crippen molar-refractivity contribution in [2.45, 2.75) is 52.3 Å². The molecule has 0 aromatic heterocycles. The van der Waals surface area contributed by atoms with E-state index in [1.54, 1.807) is 0 Å². The summed E-state index contributed by atoms with van der Waals surface area (Å²) < 4.78 is 5.10. The Morgan fingerprint density at radius 2 is 2.00 bits per heavy atom. The van der Waals surface area contributed by atoms with Crippen LogP contribution in [0.3, 0.4) is 0 Å². The first-order valence-electron chi connectivity index (χ1n) is 5.43. The smallest absolute Gasteiger partial charge is 0.407 e. The van der Waals surface area contributed by atoms with Gasteiger partial charge in [-0.3, -0.25) is 5.32 Å².